The lowest BCUT2D eigenvalue weighted by Gasteiger charge is -2.27. The molecule has 0 aliphatic heterocycles. The van der Waals surface area contributed by atoms with Crippen LogP contribution in [0.5, 0.6) is 0 Å². The summed E-state index contributed by atoms with van der Waals surface area (Å²) in [5, 5.41) is 6.48. The van der Waals surface area contributed by atoms with E-state index in [-0.39, 0.29) is 5.91 Å². The summed E-state index contributed by atoms with van der Waals surface area (Å²) in [5.41, 5.74) is 2.99. The molecule has 3 heteroatoms. The van der Waals surface area contributed by atoms with Crippen molar-refractivity contribution in [3.05, 3.63) is 29.3 Å². The molecule has 0 radical (unpaired) electrons. The molecule has 1 aliphatic rings. The Morgan fingerprint density at radius 2 is 2.15 bits per heavy atom. The average Bonchev–Trinajstić information content (AvgIpc) is 2.41. The van der Waals surface area contributed by atoms with Gasteiger partial charge in [0.05, 0.1) is 0 Å². The van der Waals surface area contributed by atoms with Gasteiger partial charge in [-0.3, -0.25) is 4.79 Å². The van der Waals surface area contributed by atoms with Crippen molar-refractivity contribution in [2.24, 2.45) is 5.92 Å². The van der Waals surface area contributed by atoms with Crippen molar-refractivity contribution in [2.45, 2.75) is 52.5 Å². The molecule has 110 valence electrons. The van der Waals surface area contributed by atoms with E-state index < -0.39 is 0 Å². The van der Waals surface area contributed by atoms with Crippen molar-refractivity contribution < 1.29 is 4.79 Å². The largest absolute Gasteiger partial charge is 0.385 e. The summed E-state index contributed by atoms with van der Waals surface area (Å²) in [6, 6.07) is 6.23. The first kappa shape index (κ1) is 14.9. The molecule has 1 saturated carbocycles. The van der Waals surface area contributed by atoms with Gasteiger partial charge in [0.15, 0.2) is 0 Å². The van der Waals surface area contributed by atoms with Crippen molar-refractivity contribution in [1.29, 1.82) is 0 Å². The van der Waals surface area contributed by atoms with Crippen molar-refractivity contribution in [1.82, 2.24) is 5.32 Å². The van der Waals surface area contributed by atoms with E-state index in [2.05, 4.69) is 24.5 Å². The molecule has 2 N–H and O–H groups in total. The third-order valence-electron chi connectivity index (χ3n) is 4.13. The number of amides is 1. The van der Waals surface area contributed by atoms with Crippen LogP contribution in [-0.4, -0.2) is 18.5 Å². The van der Waals surface area contributed by atoms with Crippen LogP contribution in [0.3, 0.4) is 0 Å². The smallest absolute Gasteiger partial charge is 0.251 e. The summed E-state index contributed by atoms with van der Waals surface area (Å²) in [6.45, 7) is 7.28. The first-order valence-corrected chi connectivity index (χ1v) is 7.75. The predicted molar refractivity (Wildman–Crippen MR) is 84.2 cm³/mol. The minimum atomic E-state index is 0.0650. The van der Waals surface area contributed by atoms with Crippen LogP contribution in [0.15, 0.2) is 18.2 Å². The van der Waals surface area contributed by atoms with E-state index in [1.807, 2.05) is 25.1 Å². The fourth-order valence-electron chi connectivity index (χ4n) is 3.03. The van der Waals surface area contributed by atoms with Crippen molar-refractivity contribution in [2.75, 3.05) is 11.9 Å². The Labute approximate surface area is 122 Å². The maximum absolute atomic E-state index is 12.3. The molecular formula is C17H26N2O. The third kappa shape index (κ3) is 3.75. The van der Waals surface area contributed by atoms with Crippen molar-refractivity contribution in [3.8, 4) is 0 Å². The zero-order chi connectivity index (χ0) is 14.5. The van der Waals surface area contributed by atoms with Crippen LogP contribution in [0.25, 0.3) is 0 Å². The van der Waals surface area contributed by atoms with Gasteiger partial charge >= 0.3 is 0 Å². The summed E-state index contributed by atoms with van der Waals surface area (Å²) >= 11 is 0. The molecule has 1 aromatic rings. The van der Waals surface area contributed by atoms with E-state index in [1.54, 1.807) is 0 Å². The Hall–Kier alpha value is -1.51. The zero-order valence-electron chi connectivity index (χ0n) is 12.8. The normalized spacial score (nSPS) is 22.4. The van der Waals surface area contributed by atoms with Crippen LogP contribution in [0.2, 0.25) is 0 Å². The molecule has 0 saturated heterocycles. The molecule has 2 rings (SSSR count). The number of anilines is 1. The van der Waals surface area contributed by atoms with Gasteiger partial charge < -0.3 is 10.6 Å². The Morgan fingerprint density at radius 3 is 2.80 bits per heavy atom. The summed E-state index contributed by atoms with van der Waals surface area (Å²) in [7, 11) is 0. The van der Waals surface area contributed by atoms with Gasteiger partial charge in [-0.1, -0.05) is 19.8 Å². The molecule has 2 atom stereocenters. The molecular weight excluding hydrogens is 248 g/mol. The third-order valence-corrected chi connectivity index (χ3v) is 4.13. The number of carbonyl (C=O) groups excluding carboxylic acids is 1. The SMILES string of the molecule is CCNc1ccc(C(=O)NC2CCCC(C)C2)cc1C. The Kier molecular flexibility index (Phi) is 5.05. The highest BCUT2D eigenvalue weighted by molar-refractivity contribution is 5.95. The highest BCUT2D eigenvalue weighted by atomic mass is 16.1. The number of benzene rings is 1. The molecule has 3 nitrogen and oxygen atoms in total. The molecule has 0 heterocycles. The van der Waals surface area contributed by atoms with Crippen LogP contribution in [0.4, 0.5) is 5.69 Å². The van der Waals surface area contributed by atoms with E-state index in [9.17, 15) is 4.79 Å². The maximum atomic E-state index is 12.3. The molecule has 1 aliphatic carbocycles. The van der Waals surface area contributed by atoms with Crippen LogP contribution in [0, 0.1) is 12.8 Å². The Balaban J connectivity index is 2.00. The van der Waals surface area contributed by atoms with Gasteiger partial charge in [-0.15, -0.1) is 0 Å². The van der Waals surface area contributed by atoms with E-state index >= 15 is 0 Å². The maximum Gasteiger partial charge on any atom is 0.251 e. The molecule has 0 spiro atoms. The molecule has 0 aromatic heterocycles. The fourth-order valence-corrected chi connectivity index (χ4v) is 3.03. The van der Waals surface area contributed by atoms with Gasteiger partial charge in [-0.2, -0.15) is 0 Å². The average molecular weight is 274 g/mol. The highest BCUT2D eigenvalue weighted by Gasteiger charge is 2.21. The van der Waals surface area contributed by atoms with Crippen molar-refractivity contribution in [3.63, 3.8) is 0 Å². The van der Waals surface area contributed by atoms with E-state index in [0.717, 1.165) is 42.1 Å². The standard InChI is InChI=1S/C17H26N2O/c1-4-18-16-9-8-14(11-13(16)3)17(20)19-15-7-5-6-12(2)10-15/h8-9,11-12,15,18H,4-7,10H2,1-3H3,(H,19,20). The summed E-state index contributed by atoms with van der Waals surface area (Å²) in [6.07, 6.45) is 4.75. The van der Waals surface area contributed by atoms with Gasteiger partial charge in [-0.25, -0.2) is 0 Å². The minimum Gasteiger partial charge on any atom is -0.385 e. The summed E-state index contributed by atoms with van der Waals surface area (Å²) in [4.78, 5) is 12.3. The monoisotopic (exact) mass is 274 g/mol. The van der Waals surface area contributed by atoms with Crippen LogP contribution in [0.1, 0.15) is 55.5 Å². The summed E-state index contributed by atoms with van der Waals surface area (Å²) < 4.78 is 0. The van der Waals surface area contributed by atoms with Gasteiger partial charge in [-0.05, 0) is 56.4 Å². The van der Waals surface area contributed by atoms with E-state index in [0.29, 0.717) is 6.04 Å². The number of carbonyl (C=O) groups is 1. The molecule has 2 unspecified atom stereocenters. The van der Waals surface area contributed by atoms with E-state index in [4.69, 9.17) is 0 Å². The molecule has 20 heavy (non-hydrogen) atoms. The zero-order valence-corrected chi connectivity index (χ0v) is 12.8. The van der Waals surface area contributed by atoms with Gasteiger partial charge in [0.2, 0.25) is 0 Å². The second-order valence-electron chi connectivity index (χ2n) is 6.00. The number of hydrogen-bond acceptors (Lipinski definition) is 2. The molecule has 1 amide bonds. The van der Waals surface area contributed by atoms with Crippen LogP contribution >= 0.6 is 0 Å². The quantitative estimate of drug-likeness (QED) is 0.878. The minimum absolute atomic E-state index is 0.0650. The number of aryl methyl sites for hydroxylation is 1. The first-order valence-electron chi connectivity index (χ1n) is 7.75. The predicted octanol–water partition coefficient (Wildman–Crippen LogP) is 3.74. The number of nitrogens with one attached hydrogen (secondary N) is 2. The Bertz CT molecular complexity index is 470. The number of rotatable bonds is 4. The highest BCUT2D eigenvalue weighted by Crippen LogP contribution is 2.24. The fraction of sp³-hybridized carbons (Fsp3) is 0.588. The Morgan fingerprint density at radius 1 is 1.35 bits per heavy atom. The lowest BCUT2D eigenvalue weighted by atomic mass is 9.87. The van der Waals surface area contributed by atoms with Gasteiger partial charge in [0.25, 0.3) is 5.91 Å². The molecule has 1 fully saturated rings. The molecule has 0 bridgehead atoms. The summed E-state index contributed by atoms with van der Waals surface area (Å²) in [5.74, 6) is 0.794. The van der Waals surface area contributed by atoms with Crippen LogP contribution in [-0.2, 0) is 0 Å². The van der Waals surface area contributed by atoms with Gasteiger partial charge in [0.1, 0.15) is 0 Å². The molecule has 1 aromatic carbocycles. The second kappa shape index (κ2) is 6.78. The lowest BCUT2D eigenvalue weighted by Crippen LogP contribution is -2.38. The van der Waals surface area contributed by atoms with Crippen molar-refractivity contribution >= 4 is 11.6 Å². The number of hydrogen-bond donors (Lipinski definition) is 2. The lowest BCUT2D eigenvalue weighted by molar-refractivity contribution is 0.0921. The first-order chi connectivity index (χ1) is 9.60. The second-order valence-corrected chi connectivity index (χ2v) is 6.00. The van der Waals surface area contributed by atoms with E-state index in [1.165, 1.54) is 12.8 Å². The topological polar surface area (TPSA) is 41.1 Å². The van der Waals surface area contributed by atoms with Crippen LogP contribution < -0.4 is 10.6 Å². The van der Waals surface area contributed by atoms with Gasteiger partial charge in [0, 0.05) is 23.8 Å².